The van der Waals surface area contributed by atoms with Gasteiger partial charge in [-0.2, -0.15) is 9.50 Å². The zero-order valence-electron chi connectivity index (χ0n) is 15.0. The summed E-state index contributed by atoms with van der Waals surface area (Å²) in [6.45, 7) is 5.32. The van der Waals surface area contributed by atoms with E-state index in [9.17, 15) is 9.18 Å². The van der Waals surface area contributed by atoms with E-state index in [0.29, 0.717) is 23.2 Å². The minimum atomic E-state index is -0.198. The van der Waals surface area contributed by atoms with Crippen LogP contribution in [0.25, 0.3) is 5.78 Å². The molecule has 0 spiro atoms. The standard InChI is InChI=1S/C19H22FN5O/c1-12-17(18(26)25-19(21-12)22-13(2)23-25)24-9-7-15(8-10-24)11-14-3-5-16(20)6-4-14/h3-6,15H,7-11H2,1-2H3,(H,21,22,23). The lowest BCUT2D eigenvalue weighted by atomic mass is 9.90. The molecule has 0 aliphatic carbocycles. The van der Waals surface area contributed by atoms with Gasteiger partial charge in [0.25, 0.3) is 11.3 Å². The monoisotopic (exact) mass is 355 g/mol. The maximum atomic E-state index is 13.0. The van der Waals surface area contributed by atoms with Gasteiger partial charge in [-0.05, 0) is 56.7 Å². The molecule has 0 amide bonds. The molecular weight excluding hydrogens is 333 g/mol. The van der Waals surface area contributed by atoms with Crippen LogP contribution in [0.5, 0.6) is 0 Å². The minimum absolute atomic E-state index is 0.0925. The summed E-state index contributed by atoms with van der Waals surface area (Å²) in [5.74, 6) is 1.44. The third kappa shape index (κ3) is 3.09. The van der Waals surface area contributed by atoms with Crippen molar-refractivity contribution >= 4 is 11.5 Å². The highest BCUT2D eigenvalue weighted by Gasteiger charge is 2.24. The molecule has 0 unspecified atom stereocenters. The van der Waals surface area contributed by atoms with Crippen LogP contribution in [0.3, 0.4) is 0 Å². The number of fused-ring (bicyclic) bond motifs is 1. The fourth-order valence-electron chi connectivity index (χ4n) is 3.80. The molecule has 1 N–H and O–H groups in total. The first kappa shape index (κ1) is 16.8. The maximum absolute atomic E-state index is 13.0. The summed E-state index contributed by atoms with van der Waals surface area (Å²) in [5.41, 5.74) is 2.45. The molecule has 3 heterocycles. The summed E-state index contributed by atoms with van der Waals surface area (Å²) < 4.78 is 14.5. The molecule has 1 fully saturated rings. The molecule has 6 nitrogen and oxygen atoms in total. The number of benzene rings is 1. The maximum Gasteiger partial charge on any atom is 0.297 e. The van der Waals surface area contributed by atoms with Crippen LogP contribution < -0.4 is 10.5 Å². The Hall–Kier alpha value is -2.70. The highest BCUT2D eigenvalue weighted by Crippen LogP contribution is 2.25. The molecule has 1 saturated heterocycles. The average Bonchev–Trinajstić information content (AvgIpc) is 2.99. The van der Waals surface area contributed by atoms with Crippen molar-refractivity contribution in [1.29, 1.82) is 0 Å². The molecule has 1 aliphatic heterocycles. The number of hydrogen-bond acceptors (Lipinski definition) is 4. The van der Waals surface area contributed by atoms with Crippen LogP contribution in [-0.2, 0) is 6.42 Å². The smallest absolute Gasteiger partial charge is 0.297 e. The summed E-state index contributed by atoms with van der Waals surface area (Å²) >= 11 is 0. The van der Waals surface area contributed by atoms with Crippen molar-refractivity contribution in [3.63, 3.8) is 0 Å². The molecule has 0 bridgehead atoms. The molecule has 1 aliphatic rings. The van der Waals surface area contributed by atoms with Crippen molar-refractivity contribution in [2.75, 3.05) is 18.0 Å². The Morgan fingerprint density at radius 3 is 2.54 bits per heavy atom. The Morgan fingerprint density at radius 1 is 1.15 bits per heavy atom. The summed E-state index contributed by atoms with van der Waals surface area (Å²) in [4.78, 5) is 23.7. The van der Waals surface area contributed by atoms with E-state index in [1.807, 2.05) is 26.0 Å². The van der Waals surface area contributed by atoms with Crippen molar-refractivity contribution in [2.45, 2.75) is 33.1 Å². The predicted molar refractivity (Wildman–Crippen MR) is 98.1 cm³/mol. The van der Waals surface area contributed by atoms with Gasteiger partial charge in [0.15, 0.2) is 0 Å². The number of aromatic nitrogens is 4. The van der Waals surface area contributed by atoms with E-state index in [0.717, 1.165) is 43.6 Å². The van der Waals surface area contributed by atoms with Gasteiger partial charge >= 0.3 is 0 Å². The number of piperidine rings is 1. The first-order valence-electron chi connectivity index (χ1n) is 8.96. The first-order chi connectivity index (χ1) is 12.5. The zero-order valence-corrected chi connectivity index (χ0v) is 15.0. The number of aromatic amines is 1. The van der Waals surface area contributed by atoms with E-state index in [1.54, 1.807) is 0 Å². The van der Waals surface area contributed by atoms with E-state index in [1.165, 1.54) is 16.6 Å². The largest absolute Gasteiger partial charge is 0.366 e. The SMILES string of the molecule is Cc1nc2nc(C)c(N3CCC(Cc4ccc(F)cc4)CC3)c(=O)n2[nH]1. The van der Waals surface area contributed by atoms with Gasteiger partial charge < -0.3 is 4.90 Å². The minimum Gasteiger partial charge on any atom is -0.366 e. The number of anilines is 1. The molecule has 1 aromatic carbocycles. The Labute approximate surface area is 150 Å². The van der Waals surface area contributed by atoms with Crippen LogP contribution >= 0.6 is 0 Å². The van der Waals surface area contributed by atoms with E-state index < -0.39 is 0 Å². The Kier molecular flexibility index (Phi) is 4.22. The van der Waals surface area contributed by atoms with Gasteiger partial charge in [0, 0.05) is 13.1 Å². The highest BCUT2D eigenvalue weighted by atomic mass is 19.1. The highest BCUT2D eigenvalue weighted by molar-refractivity contribution is 5.52. The second-order valence-electron chi connectivity index (χ2n) is 7.06. The van der Waals surface area contributed by atoms with Gasteiger partial charge in [0.1, 0.15) is 17.3 Å². The quantitative estimate of drug-likeness (QED) is 0.784. The second kappa shape index (κ2) is 6.55. The lowest BCUT2D eigenvalue weighted by Crippen LogP contribution is -2.39. The van der Waals surface area contributed by atoms with E-state index >= 15 is 0 Å². The van der Waals surface area contributed by atoms with Crippen molar-refractivity contribution in [3.05, 3.63) is 57.5 Å². The molecule has 0 atom stereocenters. The van der Waals surface area contributed by atoms with Crippen molar-refractivity contribution in [1.82, 2.24) is 19.6 Å². The lowest BCUT2D eigenvalue weighted by molar-refractivity contribution is 0.402. The zero-order chi connectivity index (χ0) is 18.3. The lowest BCUT2D eigenvalue weighted by Gasteiger charge is -2.33. The van der Waals surface area contributed by atoms with Crippen LogP contribution in [0, 0.1) is 25.6 Å². The number of hydrogen-bond donors (Lipinski definition) is 1. The van der Waals surface area contributed by atoms with Crippen molar-refractivity contribution in [3.8, 4) is 0 Å². The van der Waals surface area contributed by atoms with E-state index in [4.69, 9.17) is 0 Å². The van der Waals surface area contributed by atoms with Crippen LogP contribution in [-0.4, -0.2) is 32.7 Å². The molecule has 0 saturated carbocycles. The van der Waals surface area contributed by atoms with Gasteiger partial charge in [0.05, 0.1) is 5.69 Å². The fourth-order valence-corrected chi connectivity index (χ4v) is 3.80. The van der Waals surface area contributed by atoms with Crippen molar-refractivity contribution in [2.24, 2.45) is 5.92 Å². The molecule has 7 heteroatoms. The summed E-state index contributed by atoms with van der Waals surface area (Å²) in [6, 6.07) is 6.75. The van der Waals surface area contributed by atoms with Gasteiger partial charge in [-0.1, -0.05) is 12.1 Å². The summed E-state index contributed by atoms with van der Waals surface area (Å²) in [7, 11) is 0. The van der Waals surface area contributed by atoms with Crippen molar-refractivity contribution < 1.29 is 4.39 Å². The predicted octanol–water partition coefficient (Wildman–Crippen LogP) is 2.63. The number of aryl methyl sites for hydroxylation is 2. The van der Waals surface area contributed by atoms with Gasteiger partial charge in [-0.15, -0.1) is 0 Å². The van der Waals surface area contributed by atoms with Gasteiger partial charge in [-0.25, -0.2) is 9.37 Å². The molecule has 4 rings (SSSR count). The van der Waals surface area contributed by atoms with Crippen LogP contribution in [0.15, 0.2) is 29.1 Å². The third-order valence-electron chi connectivity index (χ3n) is 5.13. The molecule has 0 radical (unpaired) electrons. The molecule has 2 aromatic heterocycles. The normalized spacial score (nSPS) is 15.7. The van der Waals surface area contributed by atoms with Gasteiger partial charge in [0.2, 0.25) is 0 Å². The number of halogens is 1. The van der Waals surface area contributed by atoms with Crippen LogP contribution in [0.4, 0.5) is 10.1 Å². The first-order valence-corrected chi connectivity index (χ1v) is 8.96. The molecular formula is C19H22FN5O. The second-order valence-corrected chi connectivity index (χ2v) is 7.06. The number of nitrogens with zero attached hydrogens (tertiary/aromatic N) is 4. The van der Waals surface area contributed by atoms with E-state index in [-0.39, 0.29) is 11.4 Å². The molecule has 26 heavy (non-hydrogen) atoms. The number of H-pyrrole nitrogens is 1. The third-order valence-corrected chi connectivity index (χ3v) is 5.13. The summed E-state index contributed by atoms with van der Waals surface area (Å²) in [6.07, 6.45) is 2.95. The molecule has 3 aromatic rings. The Balaban J connectivity index is 1.50. The Morgan fingerprint density at radius 2 is 1.85 bits per heavy atom. The number of nitrogens with one attached hydrogen (secondary N) is 1. The van der Waals surface area contributed by atoms with Crippen LogP contribution in [0.2, 0.25) is 0 Å². The topological polar surface area (TPSA) is 66.3 Å². The summed E-state index contributed by atoms with van der Waals surface area (Å²) in [5, 5.41) is 2.95. The Bertz CT molecular complexity index is 984. The fraction of sp³-hybridized carbons (Fsp3) is 0.421. The average molecular weight is 355 g/mol. The van der Waals surface area contributed by atoms with Crippen LogP contribution in [0.1, 0.15) is 29.9 Å². The van der Waals surface area contributed by atoms with E-state index in [2.05, 4.69) is 20.0 Å². The number of rotatable bonds is 3. The van der Waals surface area contributed by atoms with Gasteiger partial charge in [-0.3, -0.25) is 9.89 Å². The molecule has 136 valence electrons.